The zero-order chi connectivity index (χ0) is 18.2. The lowest BCUT2D eigenvalue weighted by Gasteiger charge is -2.18. The number of rotatable bonds is 9. The quantitative estimate of drug-likeness (QED) is 0.295. The highest BCUT2D eigenvalue weighted by Gasteiger charge is 2.37. The summed E-state index contributed by atoms with van der Waals surface area (Å²) in [5.74, 6) is 0.0898. The number of carbonyl (C=O) groups is 1. The molecule has 0 bridgehead atoms. The highest BCUT2D eigenvalue weighted by molar-refractivity contribution is 5.65. The van der Waals surface area contributed by atoms with E-state index in [-0.39, 0.29) is 35.0 Å². The summed E-state index contributed by atoms with van der Waals surface area (Å²) in [6.07, 6.45) is 2.70. The molecule has 0 saturated heterocycles. The van der Waals surface area contributed by atoms with Crippen molar-refractivity contribution in [3.05, 3.63) is 51.7 Å². The SMILES string of the molecule is COc1ccc(COCC[C@H]2C([N+](=O)[O-])=CC[C@H]2COC(C)=O)cc1. The van der Waals surface area contributed by atoms with Crippen LogP contribution in [-0.4, -0.2) is 31.2 Å². The second-order valence-electron chi connectivity index (χ2n) is 5.98. The summed E-state index contributed by atoms with van der Waals surface area (Å²) in [7, 11) is 1.61. The van der Waals surface area contributed by atoms with Gasteiger partial charge in [0.05, 0.1) is 31.2 Å². The van der Waals surface area contributed by atoms with Gasteiger partial charge < -0.3 is 14.2 Å². The monoisotopic (exact) mass is 349 g/mol. The normalized spacial score (nSPS) is 19.4. The van der Waals surface area contributed by atoms with Crippen molar-refractivity contribution in [2.24, 2.45) is 11.8 Å². The van der Waals surface area contributed by atoms with Crippen molar-refractivity contribution in [1.29, 1.82) is 0 Å². The fraction of sp³-hybridized carbons (Fsp3) is 0.500. The minimum absolute atomic E-state index is 0.0612. The molecule has 2 rings (SSSR count). The Morgan fingerprint density at radius 2 is 2.04 bits per heavy atom. The fourth-order valence-corrected chi connectivity index (χ4v) is 2.95. The third-order valence-corrected chi connectivity index (χ3v) is 4.29. The second kappa shape index (κ2) is 9.17. The van der Waals surface area contributed by atoms with E-state index in [4.69, 9.17) is 14.2 Å². The molecule has 0 spiro atoms. The molecule has 0 aliphatic heterocycles. The third kappa shape index (κ3) is 5.56. The number of nitro groups is 1. The van der Waals surface area contributed by atoms with Crippen LogP contribution in [0.5, 0.6) is 5.75 Å². The van der Waals surface area contributed by atoms with Crippen LogP contribution in [0.4, 0.5) is 0 Å². The maximum Gasteiger partial charge on any atom is 0.302 e. The number of allylic oxidation sites excluding steroid dienone is 2. The van der Waals surface area contributed by atoms with Crippen molar-refractivity contribution in [1.82, 2.24) is 0 Å². The number of ether oxygens (including phenoxy) is 3. The summed E-state index contributed by atoms with van der Waals surface area (Å²) in [4.78, 5) is 21.8. The van der Waals surface area contributed by atoms with Gasteiger partial charge in [0.25, 0.3) is 0 Å². The number of benzene rings is 1. The molecule has 1 aromatic carbocycles. The Morgan fingerprint density at radius 3 is 2.64 bits per heavy atom. The van der Waals surface area contributed by atoms with Crippen LogP contribution in [0.3, 0.4) is 0 Å². The Morgan fingerprint density at radius 1 is 1.32 bits per heavy atom. The van der Waals surface area contributed by atoms with E-state index < -0.39 is 0 Å². The van der Waals surface area contributed by atoms with Gasteiger partial charge in [-0.3, -0.25) is 14.9 Å². The van der Waals surface area contributed by atoms with Crippen LogP contribution < -0.4 is 4.74 Å². The van der Waals surface area contributed by atoms with Crippen LogP contribution >= 0.6 is 0 Å². The van der Waals surface area contributed by atoms with E-state index >= 15 is 0 Å². The summed E-state index contributed by atoms with van der Waals surface area (Å²) in [6, 6.07) is 7.55. The Hall–Kier alpha value is -2.41. The Balaban J connectivity index is 1.83. The average molecular weight is 349 g/mol. The Bertz CT molecular complexity index is 625. The molecular weight excluding hydrogens is 326 g/mol. The predicted octanol–water partition coefficient (Wildman–Crippen LogP) is 2.96. The number of hydrogen-bond acceptors (Lipinski definition) is 6. The lowest BCUT2D eigenvalue weighted by Crippen LogP contribution is -2.22. The first kappa shape index (κ1) is 18.9. The van der Waals surface area contributed by atoms with Gasteiger partial charge in [0.1, 0.15) is 5.75 Å². The summed E-state index contributed by atoms with van der Waals surface area (Å²) < 4.78 is 15.8. The van der Waals surface area contributed by atoms with E-state index in [1.165, 1.54) is 6.92 Å². The smallest absolute Gasteiger partial charge is 0.302 e. The van der Waals surface area contributed by atoms with Crippen molar-refractivity contribution in [2.45, 2.75) is 26.4 Å². The molecule has 0 unspecified atom stereocenters. The molecule has 0 amide bonds. The molecule has 7 heteroatoms. The molecule has 0 aromatic heterocycles. The lowest BCUT2D eigenvalue weighted by molar-refractivity contribution is -0.434. The van der Waals surface area contributed by atoms with Crippen LogP contribution in [0.15, 0.2) is 36.0 Å². The number of carbonyl (C=O) groups excluding carboxylic acids is 1. The van der Waals surface area contributed by atoms with Crippen molar-refractivity contribution in [3.63, 3.8) is 0 Å². The van der Waals surface area contributed by atoms with E-state index in [0.717, 1.165) is 11.3 Å². The first-order chi connectivity index (χ1) is 12.0. The van der Waals surface area contributed by atoms with E-state index in [0.29, 0.717) is 26.1 Å². The van der Waals surface area contributed by atoms with E-state index in [2.05, 4.69) is 0 Å². The van der Waals surface area contributed by atoms with Gasteiger partial charge >= 0.3 is 5.97 Å². The highest BCUT2D eigenvalue weighted by Crippen LogP contribution is 2.35. The van der Waals surface area contributed by atoms with Crippen molar-refractivity contribution < 1.29 is 23.9 Å². The maximum atomic E-state index is 11.2. The van der Waals surface area contributed by atoms with Crippen LogP contribution in [0.1, 0.15) is 25.3 Å². The number of nitrogens with zero attached hydrogens (tertiary/aromatic N) is 1. The molecular formula is C18H23NO6. The zero-order valence-corrected chi connectivity index (χ0v) is 14.5. The summed E-state index contributed by atoms with van der Waals surface area (Å²) >= 11 is 0. The maximum absolute atomic E-state index is 11.2. The van der Waals surface area contributed by atoms with Crippen LogP contribution in [0.25, 0.3) is 0 Å². The van der Waals surface area contributed by atoms with Gasteiger partial charge in [-0.15, -0.1) is 0 Å². The summed E-state index contributed by atoms with van der Waals surface area (Å²) in [6.45, 7) is 2.37. The molecule has 1 aliphatic rings. The molecule has 25 heavy (non-hydrogen) atoms. The summed E-state index contributed by atoms with van der Waals surface area (Å²) in [5.41, 5.74) is 1.21. The Kier molecular flexibility index (Phi) is 6.94. The minimum atomic E-state index is -0.371. The van der Waals surface area contributed by atoms with Crippen molar-refractivity contribution >= 4 is 5.97 Å². The number of esters is 1. The van der Waals surface area contributed by atoms with Crippen LogP contribution in [-0.2, 0) is 20.9 Å². The molecule has 0 heterocycles. The standard InChI is InChI=1S/C18H23NO6/c1-13(20)25-12-15-5-8-18(19(21)22)17(15)9-10-24-11-14-3-6-16(23-2)7-4-14/h3-4,6-8,15,17H,5,9-12H2,1-2H3/t15-,17+/m0/s1. The summed E-state index contributed by atoms with van der Waals surface area (Å²) in [5, 5.41) is 11.2. The molecule has 0 saturated carbocycles. The van der Waals surface area contributed by atoms with Gasteiger partial charge in [0.2, 0.25) is 5.70 Å². The molecule has 136 valence electrons. The molecule has 0 N–H and O–H groups in total. The first-order valence-corrected chi connectivity index (χ1v) is 8.19. The lowest BCUT2D eigenvalue weighted by atomic mass is 9.92. The second-order valence-corrected chi connectivity index (χ2v) is 5.98. The molecule has 7 nitrogen and oxygen atoms in total. The van der Waals surface area contributed by atoms with E-state index in [1.54, 1.807) is 13.2 Å². The first-order valence-electron chi connectivity index (χ1n) is 8.19. The van der Waals surface area contributed by atoms with Gasteiger partial charge in [-0.2, -0.15) is 0 Å². The zero-order valence-electron chi connectivity index (χ0n) is 14.5. The molecule has 0 fully saturated rings. The highest BCUT2D eigenvalue weighted by atomic mass is 16.6. The van der Waals surface area contributed by atoms with Gasteiger partial charge in [-0.25, -0.2) is 0 Å². The van der Waals surface area contributed by atoms with Gasteiger partial charge in [-0.1, -0.05) is 12.1 Å². The topological polar surface area (TPSA) is 87.9 Å². The predicted molar refractivity (Wildman–Crippen MR) is 90.6 cm³/mol. The largest absolute Gasteiger partial charge is 0.497 e. The number of methoxy groups -OCH3 is 1. The van der Waals surface area contributed by atoms with E-state index in [9.17, 15) is 14.9 Å². The molecule has 1 aliphatic carbocycles. The van der Waals surface area contributed by atoms with Crippen LogP contribution in [0.2, 0.25) is 0 Å². The van der Waals surface area contributed by atoms with Crippen molar-refractivity contribution in [2.75, 3.05) is 20.3 Å². The molecule has 0 radical (unpaired) electrons. The van der Waals surface area contributed by atoms with E-state index in [1.807, 2.05) is 24.3 Å². The number of hydrogen-bond donors (Lipinski definition) is 0. The Labute approximate surface area is 146 Å². The molecule has 1 aromatic rings. The van der Waals surface area contributed by atoms with Gasteiger partial charge in [0, 0.05) is 19.4 Å². The fourth-order valence-electron chi connectivity index (χ4n) is 2.95. The average Bonchev–Trinajstić information content (AvgIpc) is 3.00. The van der Waals surface area contributed by atoms with Gasteiger partial charge in [0.15, 0.2) is 0 Å². The van der Waals surface area contributed by atoms with Crippen LogP contribution in [0, 0.1) is 22.0 Å². The van der Waals surface area contributed by atoms with Crippen molar-refractivity contribution in [3.8, 4) is 5.75 Å². The van der Waals surface area contributed by atoms with Gasteiger partial charge in [-0.05, 0) is 36.6 Å². The molecule has 2 atom stereocenters. The third-order valence-electron chi connectivity index (χ3n) is 4.29. The minimum Gasteiger partial charge on any atom is -0.497 e.